The third-order valence-corrected chi connectivity index (χ3v) is 5.49. The lowest BCUT2D eigenvalue weighted by Crippen LogP contribution is -2.45. The summed E-state index contributed by atoms with van der Waals surface area (Å²) in [5.41, 5.74) is 0.620. The van der Waals surface area contributed by atoms with Gasteiger partial charge in [0.05, 0.1) is 6.20 Å². The second-order valence-electron chi connectivity index (χ2n) is 7.43. The van der Waals surface area contributed by atoms with Crippen molar-refractivity contribution in [2.24, 2.45) is 0 Å². The van der Waals surface area contributed by atoms with Gasteiger partial charge in [-0.15, -0.1) is 0 Å². The molecule has 0 saturated carbocycles. The first-order valence-electron chi connectivity index (χ1n) is 10.0. The summed E-state index contributed by atoms with van der Waals surface area (Å²) in [6.07, 6.45) is 1.49. The second kappa shape index (κ2) is 7.77. The van der Waals surface area contributed by atoms with Crippen molar-refractivity contribution in [2.75, 3.05) is 0 Å². The lowest BCUT2D eigenvalue weighted by atomic mass is 9.82. The van der Waals surface area contributed by atoms with E-state index in [-0.39, 0.29) is 18.3 Å². The molecule has 1 aliphatic rings. The molecule has 5 rings (SSSR count). The second-order valence-corrected chi connectivity index (χ2v) is 7.43. The number of hydrogen-bond acceptors (Lipinski definition) is 4. The third-order valence-electron chi connectivity index (χ3n) is 5.49. The van der Waals surface area contributed by atoms with E-state index in [0.717, 1.165) is 4.90 Å². The van der Waals surface area contributed by atoms with Gasteiger partial charge in [-0.2, -0.15) is 0 Å². The summed E-state index contributed by atoms with van der Waals surface area (Å²) in [7, 11) is 0. The standard InChI is InChI=1S/C25H18FN3O3/c26-20-13-11-17(12-14-20)21-15-27-22(32-21)16-29-23(30)25(28-24(29)31,18-7-3-1-4-8-18)19-9-5-2-6-10-19/h1-15H,16H2,(H,28,31). The van der Waals surface area contributed by atoms with Gasteiger partial charge in [0.1, 0.15) is 12.4 Å². The van der Waals surface area contributed by atoms with Crippen molar-refractivity contribution in [2.45, 2.75) is 12.1 Å². The average Bonchev–Trinajstić information content (AvgIpc) is 3.40. The van der Waals surface area contributed by atoms with Crippen LogP contribution in [0.2, 0.25) is 0 Å². The van der Waals surface area contributed by atoms with Gasteiger partial charge in [0.2, 0.25) is 5.89 Å². The first kappa shape index (κ1) is 19.7. The van der Waals surface area contributed by atoms with Crippen molar-refractivity contribution in [3.05, 3.63) is 114 Å². The van der Waals surface area contributed by atoms with Crippen molar-refractivity contribution in [1.82, 2.24) is 15.2 Å². The molecule has 0 aliphatic carbocycles. The number of amides is 3. The number of aromatic nitrogens is 1. The highest BCUT2D eigenvalue weighted by Gasteiger charge is 2.53. The lowest BCUT2D eigenvalue weighted by Gasteiger charge is -2.27. The highest BCUT2D eigenvalue weighted by Crippen LogP contribution is 2.36. The molecule has 3 amide bonds. The highest BCUT2D eigenvalue weighted by atomic mass is 19.1. The van der Waals surface area contributed by atoms with E-state index in [1.807, 2.05) is 60.7 Å². The number of nitrogens with zero attached hydrogens (tertiary/aromatic N) is 2. The minimum Gasteiger partial charge on any atom is -0.439 e. The van der Waals surface area contributed by atoms with Crippen LogP contribution < -0.4 is 5.32 Å². The summed E-state index contributed by atoms with van der Waals surface area (Å²) >= 11 is 0. The smallest absolute Gasteiger partial charge is 0.326 e. The number of carbonyl (C=O) groups is 2. The Morgan fingerprint density at radius 2 is 1.47 bits per heavy atom. The van der Waals surface area contributed by atoms with E-state index in [2.05, 4.69) is 10.3 Å². The van der Waals surface area contributed by atoms with Crippen LogP contribution in [-0.2, 0) is 16.9 Å². The molecule has 1 aliphatic heterocycles. The van der Waals surface area contributed by atoms with Crippen LogP contribution in [0.5, 0.6) is 0 Å². The largest absolute Gasteiger partial charge is 0.439 e. The maximum absolute atomic E-state index is 13.7. The van der Waals surface area contributed by atoms with Gasteiger partial charge >= 0.3 is 6.03 Å². The quantitative estimate of drug-likeness (QED) is 0.477. The fourth-order valence-electron chi connectivity index (χ4n) is 3.92. The Bertz CT molecular complexity index is 1230. The van der Waals surface area contributed by atoms with Gasteiger partial charge in [0, 0.05) is 5.56 Å². The first-order chi connectivity index (χ1) is 15.6. The van der Waals surface area contributed by atoms with Crippen molar-refractivity contribution in [1.29, 1.82) is 0 Å². The van der Waals surface area contributed by atoms with Crippen LogP contribution in [0.4, 0.5) is 9.18 Å². The summed E-state index contributed by atoms with van der Waals surface area (Å²) in [4.78, 5) is 31.9. The minimum absolute atomic E-state index is 0.132. The van der Waals surface area contributed by atoms with E-state index >= 15 is 0 Å². The minimum atomic E-state index is -1.34. The maximum atomic E-state index is 13.7. The number of benzene rings is 3. The monoisotopic (exact) mass is 427 g/mol. The van der Waals surface area contributed by atoms with Gasteiger partial charge in [-0.05, 0) is 35.4 Å². The molecule has 0 radical (unpaired) electrons. The van der Waals surface area contributed by atoms with E-state index in [0.29, 0.717) is 22.5 Å². The Labute approximate surface area is 183 Å². The molecule has 6 nitrogen and oxygen atoms in total. The predicted molar refractivity (Wildman–Crippen MR) is 115 cm³/mol. The lowest BCUT2D eigenvalue weighted by molar-refractivity contribution is -0.130. The van der Waals surface area contributed by atoms with Crippen LogP contribution in [0.25, 0.3) is 11.3 Å². The van der Waals surface area contributed by atoms with Crippen molar-refractivity contribution < 1.29 is 18.4 Å². The number of rotatable bonds is 5. The number of oxazole rings is 1. The average molecular weight is 427 g/mol. The Balaban J connectivity index is 1.48. The normalized spacial score (nSPS) is 15.1. The van der Waals surface area contributed by atoms with Crippen LogP contribution in [0.3, 0.4) is 0 Å². The van der Waals surface area contributed by atoms with Crippen LogP contribution in [0, 0.1) is 5.82 Å². The number of imide groups is 1. The summed E-state index contributed by atoms with van der Waals surface area (Å²) < 4.78 is 18.9. The van der Waals surface area contributed by atoms with E-state index in [4.69, 9.17) is 4.42 Å². The van der Waals surface area contributed by atoms with Gasteiger partial charge in [-0.3, -0.25) is 9.69 Å². The highest BCUT2D eigenvalue weighted by molar-refractivity contribution is 6.09. The van der Waals surface area contributed by atoms with Crippen molar-refractivity contribution >= 4 is 11.9 Å². The fourth-order valence-corrected chi connectivity index (χ4v) is 3.92. The van der Waals surface area contributed by atoms with Crippen LogP contribution >= 0.6 is 0 Å². The predicted octanol–water partition coefficient (Wildman–Crippen LogP) is 4.48. The number of carbonyl (C=O) groups excluding carboxylic acids is 2. The molecule has 4 aromatic rings. The molecule has 7 heteroatoms. The summed E-state index contributed by atoms with van der Waals surface area (Å²) in [6, 6.07) is 23.5. The summed E-state index contributed by atoms with van der Waals surface area (Å²) in [6.45, 7) is -0.132. The SMILES string of the molecule is O=C1NC(c2ccccc2)(c2ccccc2)C(=O)N1Cc1ncc(-c2ccc(F)cc2)o1. The number of nitrogens with one attached hydrogen (secondary N) is 1. The zero-order valence-corrected chi connectivity index (χ0v) is 16.9. The van der Waals surface area contributed by atoms with E-state index < -0.39 is 17.5 Å². The van der Waals surface area contributed by atoms with Crippen LogP contribution in [-0.4, -0.2) is 21.8 Å². The van der Waals surface area contributed by atoms with Gasteiger partial charge in [0.25, 0.3) is 5.91 Å². The first-order valence-corrected chi connectivity index (χ1v) is 10.0. The molecular formula is C25H18FN3O3. The molecule has 1 saturated heterocycles. The van der Waals surface area contributed by atoms with Gasteiger partial charge in [-0.25, -0.2) is 14.2 Å². The number of urea groups is 1. The topological polar surface area (TPSA) is 75.4 Å². The molecular weight excluding hydrogens is 409 g/mol. The molecule has 2 heterocycles. The molecule has 0 unspecified atom stereocenters. The summed E-state index contributed by atoms with van der Waals surface area (Å²) in [5, 5.41) is 2.89. The molecule has 0 bridgehead atoms. The third kappa shape index (κ3) is 3.24. The van der Waals surface area contributed by atoms with Crippen LogP contribution in [0.1, 0.15) is 17.0 Å². The molecule has 32 heavy (non-hydrogen) atoms. The van der Waals surface area contributed by atoms with E-state index in [1.54, 1.807) is 12.1 Å². The fraction of sp³-hybridized carbons (Fsp3) is 0.0800. The van der Waals surface area contributed by atoms with Crippen LogP contribution in [0.15, 0.2) is 95.5 Å². The Kier molecular flexibility index (Phi) is 4.78. The molecule has 1 aromatic heterocycles. The van der Waals surface area contributed by atoms with Gasteiger partial charge < -0.3 is 9.73 Å². The Morgan fingerprint density at radius 3 is 2.06 bits per heavy atom. The maximum Gasteiger partial charge on any atom is 0.326 e. The van der Waals surface area contributed by atoms with Crippen molar-refractivity contribution in [3.8, 4) is 11.3 Å². The molecule has 1 N–H and O–H groups in total. The molecule has 1 fully saturated rings. The molecule has 3 aromatic carbocycles. The van der Waals surface area contributed by atoms with E-state index in [9.17, 15) is 14.0 Å². The van der Waals surface area contributed by atoms with Gasteiger partial charge in [-0.1, -0.05) is 60.7 Å². The molecule has 0 atom stereocenters. The molecule has 158 valence electrons. The summed E-state index contributed by atoms with van der Waals surface area (Å²) in [5.74, 6) is -0.151. The Hall–Kier alpha value is -4.26. The zero-order chi connectivity index (χ0) is 22.1. The zero-order valence-electron chi connectivity index (χ0n) is 16.9. The Morgan fingerprint density at radius 1 is 0.875 bits per heavy atom. The van der Waals surface area contributed by atoms with Gasteiger partial charge in [0.15, 0.2) is 11.3 Å². The van der Waals surface area contributed by atoms with E-state index in [1.165, 1.54) is 18.3 Å². The number of hydrogen-bond donors (Lipinski definition) is 1. The van der Waals surface area contributed by atoms with Crippen molar-refractivity contribution in [3.63, 3.8) is 0 Å². The molecule has 0 spiro atoms. The number of halogens is 1.